The van der Waals surface area contributed by atoms with E-state index in [4.69, 9.17) is 9.47 Å². The SMILES string of the molecule is COc1ccc(NC(=O)[C@@H]2Nc3cc(F)ccc3S(=O)(=O)N2)cc1OC. The maximum absolute atomic E-state index is 13.4. The fraction of sp³-hybridized carbons (Fsp3) is 0.188. The minimum absolute atomic E-state index is 0.0104. The van der Waals surface area contributed by atoms with Gasteiger partial charge in [-0.05, 0) is 30.3 Å². The molecule has 0 spiro atoms. The van der Waals surface area contributed by atoms with Crippen molar-refractivity contribution in [3.05, 3.63) is 42.2 Å². The summed E-state index contributed by atoms with van der Waals surface area (Å²) in [5, 5.41) is 5.23. The monoisotopic (exact) mass is 381 g/mol. The number of halogens is 1. The molecule has 1 aliphatic rings. The van der Waals surface area contributed by atoms with Crippen molar-refractivity contribution < 1.29 is 27.1 Å². The Kier molecular flexibility index (Phi) is 4.70. The molecule has 138 valence electrons. The van der Waals surface area contributed by atoms with Crippen LogP contribution in [-0.2, 0) is 14.8 Å². The van der Waals surface area contributed by atoms with E-state index in [2.05, 4.69) is 15.4 Å². The lowest BCUT2D eigenvalue weighted by Gasteiger charge is -2.27. The van der Waals surface area contributed by atoms with Crippen LogP contribution in [0, 0.1) is 5.82 Å². The molecular weight excluding hydrogens is 365 g/mol. The average Bonchev–Trinajstić information content (AvgIpc) is 2.60. The lowest BCUT2D eigenvalue weighted by atomic mass is 10.2. The van der Waals surface area contributed by atoms with Gasteiger partial charge in [0.25, 0.3) is 5.91 Å². The molecule has 1 amide bonds. The number of nitrogens with one attached hydrogen (secondary N) is 3. The molecular formula is C16H16FN3O5S. The third-order valence-electron chi connectivity index (χ3n) is 3.72. The van der Waals surface area contributed by atoms with Gasteiger partial charge in [0.15, 0.2) is 17.7 Å². The van der Waals surface area contributed by atoms with E-state index in [1.54, 1.807) is 12.1 Å². The van der Waals surface area contributed by atoms with E-state index in [9.17, 15) is 17.6 Å². The molecule has 0 bridgehead atoms. The van der Waals surface area contributed by atoms with Crippen LogP contribution in [0.1, 0.15) is 0 Å². The van der Waals surface area contributed by atoms with Crippen LogP contribution in [-0.4, -0.2) is 34.7 Å². The number of anilines is 2. The molecule has 2 aromatic rings. The first kappa shape index (κ1) is 18.0. The van der Waals surface area contributed by atoms with Crippen molar-refractivity contribution >= 4 is 27.3 Å². The fourth-order valence-corrected chi connectivity index (χ4v) is 3.76. The van der Waals surface area contributed by atoms with Crippen LogP contribution in [0.3, 0.4) is 0 Å². The Morgan fingerprint density at radius 2 is 1.85 bits per heavy atom. The van der Waals surface area contributed by atoms with Crippen molar-refractivity contribution in [1.29, 1.82) is 0 Å². The summed E-state index contributed by atoms with van der Waals surface area (Å²) in [6, 6.07) is 7.88. The van der Waals surface area contributed by atoms with Gasteiger partial charge in [0.05, 0.1) is 19.9 Å². The largest absolute Gasteiger partial charge is 0.493 e. The van der Waals surface area contributed by atoms with Crippen molar-refractivity contribution in [2.24, 2.45) is 0 Å². The molecule has 2 aromatic carbocycles. The second-order valence-corrected chi connectivity index (χ2v) is 7.08. The third kappa shape index (κ3) is 3.41. The van der Waals surface area contributed by atoms with Crippen LogP contribution in [0.4, 0.5) is 15.8 Å². The fourth-order valence-electron chi connectivity index (χ4n) is 2.50. The molecule has 0 radical (unpaired) electrons. The zero-order valence-electron chi connectivity index (χ0n) is 13.9. The van der Waals surface area contributed by atoms with Gasteiger partial charge in [-0.1, -0.05) is 0 Å². The van der Waals surface area contributed by atoms with Crippen LogP contribution >= 0.6 is 0 Å². The molecule has 1 aliphatic heterocycles. The highest BCUT2D eigenvalue weighted by molar-refractivity contribution is 7.89. The van der Waals surface area contributed by atoms with Crippen molar-refractivity contribution in [3.63, 3.8) is 0 Å². The van der Waals surface area contributed by atoms with Crippen LogP contribution in [0.25, 0.3) is 0 Å². The van der Waals surface area contributed by atoms with Crippen LogP contribution in [0.2, 0.25) is 0 Å². The van der Waals surface area contributed by atoms with Crippen molar-refractivity contribution in [1.82, 2.24) is 4.72 Å². The average molecular weight is 381 g/mol. The van der Waals surface area contributed by atoms with Gasteiger partial charge in [-0.2, -0.15) is 4.72 Å². The van der Waals surface area contributed by atoms with Gasteiger partial charge in [-0.15, -0.1) is 0 Å². The first-order valence-electron chi connectivity index (χ1n) is 7.45. The zero-order valence-corrected chi connectivity index (χ0v) is 14.7. The van der Waals surface area contributed by atoms with Crippen LogP contribution in [0.15, 0.2) is 41.3 Å². The van der Waals surface area contributed by atoms with Gasteiger partial charge in [0, 0.05) is 11.8 Å². The molecule has 3 rings (SSSR count). The van der Waals surface area contributed by atoms with E-state index in [1.165, 1.54) is 20.3 Å². The summed E-state index contributed by atoms with van der Waals surface area (Å²) in [5.74, 6) is -0.413. The molecule has 0 fully saturated rings. The number of carbonyl (C=O) groups excluding carboxylic acids is 1. The second-order valence-electron chi connectivity index (χ2n) is 5.40. The summed E-state index contributed by atoms with van der Waals surface area (Å²) in [5.41, 5.74) is 0.384. The number of ether oxygens (including phenoxy) is 2. The number of fused-ring (bicyclic) bond motifs is 1. The topological polar surface area (TPSA) is 106 Å². The first-order chi connectivity index (χ1) is 12.3. The van der Waals surface area contributed by atoms with Gasteiger partial charge < -0.3 is 20.1 Å². The minimum Gasteiger partial charge on any atom is -0.493 e. The number of benzene rings is 2. The Balaban J connectivity index is 1.83. The molecule has 8 nitrogen and oxygen atoms in total. The molecule has 0 aromatic heterocycles. The molecule has 0 saturated heterocycles. The Bertz CT molecular complexity index is 964. The van der Waals surface area contributed by atoms with Crippen LogP contribution < -0.4 is 24.8 Å². The first-order valence-corrected chi connectivity index (χ1v) is 8.93. The third-order valence-corrected chi connectivity index (χ3v) is 5.20. The molecule has 3 N–H and O–H groups in total. The number of amides is 1. The summed E-state index contributed by atoms with van der Waals surface area (Å²) in [6.45, 7) is 0. The smallest absolute Gasteiger partial charge is 0.262 e. The molecule has 1 atom stereocenters. The van der Waals surface area contributed by atoms with Crippen molar-refractivity contribution in [2.75, 3.05) is 24.9 Å². The molecule has 1 heterocycles. The quantitative estimate of drug-likeness (QED) is 0.741. The summed E-state index contributed by atoms with van der Waals surface area (Å²) in [7, 11) is -1.02. The second kappa shape index (κ2) is 6.81. The number of sulfonamides is 1. The molecule has 0 unspecified atom stereocenters. The van der Waals surface area contributed by atoms with Crippen molar-refractivity contribution in [2.45, 2.75) is 11.1 Å². The summed E-state index contributed by atoms with van der Waals surface area (Å²) in [4.78, 5) is 12.3. The summed E-state index contributed by atoms with van der Waals surface area (Å²) in [6.07, 6.45) is -1.30. The van der Waals surface area contributed by atoms with Gasteiger partial charge in [0.2, 0.25) is 10.0 Å². The summed E-state index contributed by atoms with van der Waals surface area (Å²) >= 11 is 0. The number of methoxy groups -OCH3 is 2. The Morgan fingerprint density at radius 1 is 1.12 bits per heavy atom. The van der Waals surface area contributed by atoms with Crippen LogP contribution in [0.5, 0.6) is 11.5 Å². The minimum atomic E-state index is -3.95. The normalized spacial score (nSPS) is 17.6. The highest BCUT2D eigenvalue weighted by Crippen LogP contribution is 2.30. The maximum Gasteiger partial charge on any atom is 0.262 e. The molecule has 10 heteroatoms. The molecule has 0 aliphatic carbocycles. The number of rotatable bonds is 4. The molecule has 26 heavy (non-hydrogen) atoms. The van der Waals surface area contributed by atoms with E-state index < -0.39 is 27.9 Å². The lowest BCUT2D eigenvalue weighted by molar-refractivity contribution is -0.117. The standard InChI is InChI=1S/C16H16FN3O5S/c1-24-12-5-4-10(8-13(12)25-2)18-16(21)15-19-11-7-9(17)3-6-14(11)26(22,23)20-15/h3-8,15,19-20H,1-2H3,(H,18,21)/t15-/m1/s1. The Morgan fingerprint density at radius 3 is 2.54 bits per heavy atom. The number of hydrogen-bond acceptors (Lipinski definition) is 6. The van der Waals surface area contributed by atoms with E-state index >= 15 is 0 Å². The Labute approximate surface area is 149 Å². The van der Waals surface area contributed by atoms with Gasteiger partial charge in [-0.3, -0.25) is 4.79 Å². The van der Waals surface area contributed by atoms with E-state index in [1.807, 2.05) is 0 Å². The highest BCUT2D eigenvalue weighted by Gasteiger charge is 2.33. The van der Waals surface area contributed by atoms with E-state index in [-0.39, 0.29) is 10.6 Å². The highest BCUT2D eigenvalue weighted by atomic mass is 32.2. The lowest BCUT2D eigenvalue weighted by Crippen LogP contribution is -2.51. The van der Waals surface area contributed by atoms with E-state index in [0.717, 1.165) is 18.2 Å². The van der Waals surface area contributed by atoms with Gasteiger partial charge in [0.1, 0.15) is 10.7 Å². The van der Waals surface area contributed by atoms with E-state index in [0.29, 0.717) is 17.2 Å². The zero-order chi connectivity index (χ0) is 18.9. The number of hydrogen-bond donors (Lipinski definition) is 3. The summed E-state index contributed by atoms with van der Waals surface area (Å²) < 4.78 is 50.4. The van der Waals surface area contributed by atoms with Crippen molar-refractivity contribution in [3.8, 4) is 11.5 Å². The predicted octanol–water partition coefficient (Wildman–Crippen LogP) is 1.51. The maximum atomic E-state index is 13.4. The predicted molar refractivity (Wildman–Crippen MR) is 92.3 cm³/mol. The van der Waals surface area contributed by atoms with Gasteiger partial charge >= 0.3 is 0 Å². The Hall–Kier alpha value is -2.85. The van der Waals surface area contributed by atoms with Gasteiger partial charge in [-0.25, -0.2) is 12.8 Å². The number of carbonyl (C=O) groups is 1. The molecule has 0 saturated carbocycles.